The van der Waals surface area contributed by atoms with Crippen molar-refractivity contribution in [3.8, 4) is 0 Å². The van der Waals surface area contributed by atoms with Gasteiger partial charge in [0.25, 0.3) is 0 Å². The van der Waals surface area contributed by atoms with Crippen LogP contribution in [0, 0.1) is 5.82 Å². The van der Waals surface area contributed by atoms with Crippen molar-refractivity contribution in [2.45, 2.75) is 24.0 Å². The average molecular weight is 450 g/mol. The normalized spacial score (nSPS) is 17.1. The molecule has 2 aromatic carbocycles. The molecule has 1 fully saturated rings. The molecule has 1 saturated heterocycles. The van der Waals surface area contributed by atoms with E-state index in [1.807, 2.05) is 0 Å². The number of nitrogens with one attached hydrogen (secondary N) is 2. The van der Waals surface area contributed by atoms with E-state index in [0.29, 0.717) is 19.4 Å². The highest BCUT2D eigenvalue weighted by molar-refractivity contribution is 7.89. The number of benzene rings is 2. The summed E-state index contributed by atoms with van der Waals surface area (Å²) in [5.41, 5.74) is 0.819. The van der Waals surface area contributed by atoms with E-state index in [0.717, 1.165) is 5.56 Å². The zero-order valence-electron chi connectivity index (χ0n) is 16.8. The number of sulfonamides is 1. The van der Waals surface area contributed by atoms with Crippen molar-refractivity contribution in [1.82, 2.24) is 14.9 Å². The van der Waals surface area contributed by atoms with Crippen LogP contribution < -0.4 is 10.6 Å². The molecule has 10 heteroatoms. The molecule has 1 atom stereocenters. The molecule has 0 radical (unpaired) electrons. The number of nitrogens with zero attached hydrogens (tertiary/aromatic N) is 1. The minimum atomic E-state index is -3.80. The van der Waals surface area contributed by atoms with Crippen LogP contribution in [0.5, 0.6) is 0 Å². The van der Waals surface area contributed by atoms with Crippen LogP contribution in [0.15, 0.2) is 59.5 Å². The second-order valence-electron chi connectivity index (χ2n) is 6.95. The third-order valence-electron chi connectivity index (χ3n) is 4.76. The summed E-state index contributed by atoms with van der Waals surface area (Å²) >= 11 is 0. The van der Waals surface area contributed by atoms with Crippen LogP contribution in [0.25, 0.3) is 0 Å². The highest BCUT2D eigenvalue weighted by atomic mass is 32.2. The summed E-state index contributed by atoms with van der Waals surface area (Å²) in [7, 11) is -3.80. The Labute approximate surface area is 180 Å². The number of rotatable bonds is 7. The van der Waals surface area contributed by atoms with E-state index in [1.165, 1.54) is 28.6 Å². The molecule has 0 aromatic heterocycles. The van der Waals surface area contributed by atoms with Crippen molar-refractivity contribution in [2.24, 2.45) is 0 Å². The summed E-state index contributed by atoms with van der Waals surface area (Å²) in [6.07, 6.45) is 0.0593. The van der Waals surface area contributed by atoms with Gasteiger partial charge in [0, 0.05) is 13.1 Å². The van der Waals surface area contributed by atoms with Crippen LogP contribution in [0.4, 0.5) is 4.39 Å². The van der Waals surface area contributed by atoms with Crippen LogP contribution in [0.2, 0.25) is 0 Å². The Morgan fingerprint density at radius 2 is 1.71 bits per heavy atom. The van der Waals surface area contributed by atoms with Crippen LogP contribution in [-0.2, 0) is 30.8 Å². The second kappa shape index (κ2) is 10.5. The molecule has 0 bridgehead atoms. The van der Waals surface area contributed by atoms with Gasteiger partial charge in [-0.25, -0.2) is 12.8 Å². The smallest absolute Gasteiger partial charge is 0.309 e. The largest absolute Gasteiger partial charge is 0.360 e. The molecule has 1 aliphatic heterocycles. The lowest BCUT2D eigenvalue weighted by Crippen LogP contribution is -2.53. The third kappa shape index (κ3) is 6.09. The lowest BCUT2D eigenvalue weighted by molar-refractivity contribution is -0.140. The van der Waals surface area contributed by atoms with E-state index >= 15 is 0 Å². The summed E-state index contributed by atoms with van der Waals surface area (Å²) in [6.45, 7) is 0.648. The SMILES string of the molecule is O=C(NCCc1ccc(F)cc1)C(=O)NC[C@@H]1OCCCN1S(=O)(=O)c1ccccc1. The quantitative estimate of drug-likeness (QED) is 0.615. The summed E-state index contributed by atoms with van der Waals surface area (Å²) in [4.78, 5) is 24.2. The summed E-state index contributed by atoms with van der Waals surface area (Å²) in [5, 5.41) is 4.91. The Balaban J connectivity index is 1.51. The van der Waals surface area contributed by atoms with Crippen molar-refractivity contribution >= 4 is 21.8 Å². The maximum Gasteiger partial charge on any atom is 0.309 e. The van der Waals surface area contributed by atoms with Crippen molar-refractivity contribution in [1.29, 1.82) is 0 Å². The Bertz CT molecular complexity index is 999. The van der Waals surface area contributed by atoms with Crippen molar-refractivity contribution in [3.63, 3.8) is 0 Å². The zero-order chi connectivity index (χ0) is 22.3. The molecule has 3 rings (SSSR count). The number of ether oxygens (including phenoxy) is 1. The topological polar surface area (TPSA) is 105 Å². The first kappa shape index (κ1) is 22.9. The molecule has 0 saturated carbocycles. The molecule has 31 heavy (non-hydrogen) atoms. The van der Waals surface area contributed by atoms with Crippen molar-refractivity contribution < 1.29 is 27.1 Å². The summed E-state index contributed by atoms with van der Waals surface area (Å²) in [6, 6.07) is 13.8. The standard InChI is InChI=1S/C21H24FN3O5S/c22-17-9-7-16(8-10-17)11-12-23-20(26)21(27)24-15-19-25(13-4-14-30-19)31(28,29)18-5-2-1-3-6-18/h1-3,5-10,19H,4,11-15H2,(H,23,26)(H,24,27)/t19-/m0/s1. The van der Waals surface area contributed by atoms with Gasteiger partial charge in [-0.05, 0) is 42.7 Å². The lowest BCUT2D eigenvalue weighted by atomic mass is 10.1. The van der Waals surface area contributed by atoms with Gasteiger partial charge in [0.05, 0.1) is 18.0 Å². The predicted octanol–water partition coefficient (Wildman–Crippen LogP) is 1.04. The van der Waals surface area contributed by atoms with E-state index < -0.39 is 28.1 Å². The Morgan fingerprint density at radius 1 is 1.03 bits per heavy atom. The summed E-state index contributed by atoms with van der Waals surface area (Å²) in [5.74, 6) is -2.07. The van der Waals surface area contributed by atoms with Crippen LogP contribution >= 0.6 is 0 Å². The van der Waals surface area contributed by atoms with Crippen LogP contribution in [-0.4, -0.2) is 57.0 Å². The Morgan fingerprint density at radius 3 is 2.42 bits per heavy atom. The monoisotopic (exact) mass is 449 g/mol. The molecule has 0 aliphatic carbocycles. The number of amides is 2. The first-order chi connectivity index (χ1) is 14.9. The second-order valence-corrected chi connectivity index (χ2v) is 8.84. The van der Waals surface area contributed by atoms with Crippen LogP contribution in [0.3, 0.4) is 0 Å². The Kier molecular flexibility index (Phi) is 7.72. The predicted molar refractivity (Wildman–Crippen MR) is 111 cm³/mol. The minimum absolute atomic E-state index is 0.135. The molecule has 8 nitrogen and oxygen atoms in total. The van der Waals surface area contributed by atoms with Gasteiger partial charge >= 0.3 is 11.8 Å². The van der Waals surface area contributed by atoms with Gasteiger partial charge in [-0.3, -0.25) is 9.59 Å². The molecular weight excluding hydrogens is 425 g/mol. The number of hydrogen-bond acceptors (Lipinski definition) is 5. The molecule has 0 spiro atoms. The molecule has 2 aromatic rings. The highest BCUT2D eigenvalue weighted by Gasteiger charge is 2.34. The van der Waals surface area contributed by atoms with Gasteiger partial charge < -0.3 is 15.4 Å². The first-order valence-corrected chi connectivity index (χ1v) is 11.3. The fraction of sp³-hybridized carbons (Fsp3) is 0.333. The molecule has 1 heterocycles. The maximum atomic E-state index is 12.9. The van der Waals surface area contributed by atoms with Gasteiger partial charge in [0.1, 0.15) is 12.0 Å². The third-order valence-corrected chi connectivity index (χ3v) is 6.66. The fourth-order valence-corrected chi connectivity index (χ4v) is 4.73. The number of hydrogen-bond donors (Lipinski definition) is 2. The van der Waals surface area contributed by atoms with Crippen LogP contribution in [0.1, 0.15) is 12.0 Å². The van der Waals surface area contributed by atoms with E-state index in [2.05, 4.69) is 10.6 Å². The maximum absolute atomic E-state index is 12.9. The van der Waals surface area contributed by atoms with E-state index in [4.69, 9.17) is 4.74 Å². The zero-order valence-corrected chi connectivity index (χ0v) is 17.6. The van der Waals surface area contributed by atoms with Gasteiger partial charge in [-0.2, -0.15) is 4.31 Å². The van der Waals surface area contributed by atoms with E-state index in [1.54, 1.807) is 30.3 Å². The molecular formula is C21H24FN3O5S. The number of halogens is 1. The molecule has 166 valence electrons. The van der Waals surface area contributed by atoms with E-state index in [9.17, 15) is 22.4 Å². The average Bonchev–Trinajstić information content (AvgIpc) is 2.79. The van der Waals surface area contributed by atoms with Gasteiger partial charge in [0.2, 0.25) is 10.0 Å². The van der Waals surface area contributed by atoms with E-state index in [-0.39, 0.29) is 30.3 Å². The van der Waals surface area contributed by atoms with Gasteiger partial charge in [-0.15, -0.1) is 0 Å². The van der Waals surface area contributed by atoms with Crippen molar-refractivity contribution in [3.05, 3.63) is 66.0 Å². The van der Waals surface area contributed by atoms with Gasteiger partial charge in [0.15, 0.2) is 0 Å². The Hall–Kier alpha value is -2.82. The summed E-state index contributed by atoms with van der Waals surface area (Å²) < 4.78 is 45.5. The van der Waals surface area contributed by atoms with Gasteiger partial charge in [-0.1, -0.05) is 30.3 Å². The number of carbonyl (C=O) groups is 2. The fourth-order valence-electron chi connectivity index (χ4n) is 3.14. The minimum Gasteiger partial charge on any atom is -0.360 e. The van der Waals surface area contributed by atoms with Crippen molar-refractivity contribution in [2.75, 3.05) is 26.2 Å². The molecule has 0 unspecified atom stereocenters. The first-order valence-electron chi connectivity index (χ1n) is 9.87. The number of carbonyl (C=O) groups excluding carboxylic acids is 2. The molecule has 1 aliphatic rings. The highest BCUT2D eigenvalue weighted by Crippen LogP contribution is 2.21. The molecule has 2 N–H and O–H groups in total. The lowest BCUT2D eigenvalue weighted by Gasteiger charge is -2.34. The molecule has 2 amide bonds.